The van der Waals surface area contributed by atoms with Crippen molar-refractivity contribution in [1.82, 2.24) is 14.9 Å². The third-order valence-corrected chi connectivity index (χ3v) is 8.82. The fourth-order valence-corrected chi connectivity index (χ4v) is 6.85. The zero-order valence-corrected chi connectivity index (χ0v) is 23.4. The van der Waals surface area contributed by atoms with E-state index in [4.69, 9.17) is 14.7 Å². The summed E-state index contributed by atoms with van der Waals surface area (Å²) in [5.41, 5.74) is 3.58. The molecule has 2 fully saturated rings. The van der Waals surface area contributed by atoms with Crippen LogP contribution in [0.25, 0.3) is 10.8 Å². The van der Waals surface area contributed by atoms with E-state index < -0.39 is 0 Å². The van der Waals surface area contributed by atoms with Gasteiger partial charge in [0.1, 0.15) is 12.4 Å². The van der Waals surface area contributed by atoms with Crippen LogP contribution in [0.5, 0.6) is 6.01 Å². The van der Waals surface area contributed by atoms with Crippen molar-refractivity contribution in [3.8, 4) is 12.1 Å². The van der Waals surface area contributed by atoms with Gasteiger partial charge in [-0.3, -0.25) is 4.90 Å². The van der Waals surface area contributed by atoms with E-state index in [9.17, 15) is 5.26 Å². The van der Waals surface area contributed by atoms with Crippen LogP contribution in [0.2, 0.25) is 0 Å². The second-order valence-corrected chi connectivity index (χ2v) is 11.7. The number of likely N-dealkylation sites (tertiary alicyclic amines) is 1. The molecule has 0 aliphatic carbocycles. The van der Waals surface area contributed by atoms with Gasteiger partial charge in [0.15, 0.2) is 0 Å². The lowest BCUT2D eigenvalue weighted by Crippen LogP contribution is -2.40. The molecule has 39 heavy (non-hydrogen) atoms. The molecule has 0 saturated carbocycles. The van der Waals surface area contributed by atoms with Crippen molar-refractivity contribution in [3.63, 3.8) is 0 Å². The van der Waals surface area contributed by atoms with Gasteiger partial charge >= 0.3 is 6.01 Å². The number of nitrogens with zero attached hydrogens (tertiary/aromatic N) is 6. The van der Waals surface area contributed by atoms with Crippen LogP contribution in [0.1, 0.15) is 57.2 Å². The molecule has 0 radical (unpaired) electrons. The number of ether oxygens (including phenoxy) is 1. The van der Waals surface area contributed by atoms with E-state index in [1.54, 1.807) is 0 Å². The van der Waals surface area contributed by atoms with Crippen LogP contribution >= 0.6 is 0 Å². The summed E-state index contributed by atoms with van der Waals surface area (Å²) in [5, 5.41) is 11.9. The second kappa shape index (κ2) is 11.4. The van der Waals surface area contributed by atoms with Gasteiger partial charge in [0.05, 0.1) is 18.3 Å². The molecule has 7 nitrogen and oxygen atoms in total. The average molecular weight is 525 g/mol. The van der Waals surface area contributed by atoms with Gasteiger partial charge in [-0.25, -0.2) is 0 Å². The number of benzene rings is 2. The van der Waals surface area contributed by atoms with Crippen LogP contribution in [0, 0.1) is 17.2 Å². The SMILES string of the molecule is CC(C)N1CCCC1COc1nc2c(c(N3CCCC(CC#N)C3)n1)CCN(c1cccc3ccccc13)C2. The monoisotopic (exact) mass is 524 g/mol. The third-order valence-electron chi connectivity index (χ3n) is 8.82. The van der Waals surface area contributed by atoms with Crippen LogP contribution < -0.4 is 14.5 Å². The zero-order chi connectivity index (χ0) is 26.8. The van der Waals surface area contributed by atoms with E-state index in [0.717, 1.165) is 69.9 Å². The lowest BCUT2D eigenvalue weighted by atomic mass is 9.94. The molecule has 1 aromatic heterocycles. The molecule has 2 unspecified atom stereocenters. The Hall–Kier alpha value is -3.37. The first-order valence-electron chi connectivity index (χ1n) is 14.7. The Morgan fingerprint density at radius 2 is 1.85 bits per heavy atom. The minimum absolute atomic E-state index is 0.396. The molecule has 0 N–H and O–H groups in total. The van der Waals surface area contributed by atoms with Crippen molar-refractivity contribution in [2.24, 2.45) is 5.92 Å². The summed E-state index contributed by atoms with van der Waals surface area (Å²) in [6.07, 6.45) is 6.09. The number of aromatic nitrogens is 2. The van der Waals surface area contributed by atoms with Gasteiger partial charge in [0, 0.05) is 54.8 Å². The zero-order valence-electron chi connectivity index (χ0n) is 23.4. The molecule has 3 aliphatic rings. The van der Waals surface area contributed by atoms with Crippen LogP contribution in [-0.2, 0) is 13.0 Å². The summed E-state index contributed by atoms with van der Waals surface area (Å²) in [4.78, 5) is 17.5. The smallest absolute Gasteiger partial charge is 0.318 e. The van der Waals surface area contributed by atoms with E-state index in [1.165, 1.54) is 28.4 Å². The van der Waals surface area contributed by atoms with Crippen molar-refractivity contribution >= 4 is 22.3 Å². The number of nitriles is 1. The average Bonchev–Trinajstić information content (AvgIpc) is 3.45. The van der Waals surface area contributed by atoms with Crippen LogP contribution in [0.4, 0.5) is 11.5 Å². The van der Waals surface area contributed by atoms with Gasteiger partial charge in [-0.15, -0.1) is 0 Å². The van der Waals surface area contributed by atoms with E-state index in [-0.39, 0.29) is 0 Å². The highest BCUT2D eigenvalue weighted by atomic mass is 16.5. The Bertz CT molecular complexity index is 1340. The van der Waals surface area contributed by atoms with Gasteiger partial charge in [0.2, 0.25) is 0 Å². The first kappa shape index (κ1) is 25.9. The maximum absolute atomic E-state index is 9.33. The molecule has 0 bridgehead atoms. The van der Waals surface area contributed by atoms with E-state index >= 15 is 0 Å². The Labute approximate surface area is 232 Å². The summed E-state index contributed by atoms with van der Waals surface area (Å²) < 4.78 is 6.39. The van der Waals surface area contributed by atoms with E-state index in [1.807, 2.05) is 0 Å². The Morgan fingerprint density at radius 3 is 2.72 bits per heavy atom. The minimum atomic E-state index is 0.396. The van der Waals surface area contributed by atoms with Crippen LogP contribution in [0.3, 0.4) is 0 Å². The minimum Gasteiger partial charge on any atom is -0.462 e. The van der Waals surface area contributed by atoms with Crippen molar-refractivity contribution in [3.05, 3.63) is 53.7 Å². The van der Waals surface area contributed by atoms with E-state index in [2.05, 4.69) is 77.1 Å². The number of hydrogen-bond acceptors (Lipinski definition) is 7. The fourth-order valence-electron chi connectivity index (χ4n) is 6.85. The van der Waals surface area contributed by atoms with Gasteiger partial charge in [-0.05, 0) is 69.9 Å². The third kappa shape index (κ3) is 5.40. The number of rotatable bonds is 7. The van der Waals surface area contributed by atoms with Crippen LogP contribution in [0.15, 0.2) is 42.5 Å². The summed E-state index contributed by atoms with van der Waals surface area (Å²) in [7, 11) is 0. The molecule has 4 heterocycles. The summed E-state index contributed by atoms with van der Waals surface area (Å²) >= 11 is 0. The highest BCUT2D eigenvalue weighted by Crippen LogP contribution is 2.35. The van der Waals surface area contributed by atoms with E-state index in [0.29, 0.717) is 37.0 Å². The summed E-state index contributed by atoms with van der Waals surface area (Å²) in [6.45, 7) is 9.82. The normalized spacial score (nSPS) is 21.8. The number of hydrogen-bond donors (Lipinski definition) is 0. The molecule has 6 rings (SSSR count). The molecule has 0 amide bonds. The largest absolute Gasteiger partial charge is 0.462 e. The summed E-state index contributed by atoms with van der Waals surface area (Å²) in [6, 6.07) is 19.0. The maximum Gasteiger partial charge on any atom is 0.318 e. The Morgan fingerprint density at radius 1 is 1.00 bits per heavy atom. The van der Waals surface area contributed by atoms with Gasteiger partial charge in [-0.1, -0.05) is 36.4 Å². The maximum atomic E-state index is 9.33. The lowest BCUT2D eigenvalue weighted by molar-refractivity contribution is 0.138. The molecule has 2 saturated heterocycles. The standard InChI is InChI=1S/C32H40N6O/c1-23(2)38-18-7-11-26(38)22-39-32-34-29-21-36(30-13-5-10-25-9-3-4-12-27(25)30)19-15-28(29)31(35-32)37-17-6-8-24(20-37)14-16-33/h3-5,9-10,12-13,23-24,26H,6-8,11,14-15,17-22H2,1-2H3. The topological polar surface area (TPSA) is 68.5 Å². The molecule has 7 heteroatoms. The number of fused-ring (bicyclic) bond motifs is 2. The van der Waals surface area contributed by atoms with Gasteiger partial charge in [0.25, 0.3) is 0 Å². The lowest BCUT2D eigenvalue weighted by Gasteiger charge is -2.37. The molecule has 2 aromatic carbocycles. The fraction of sp³-hybridized carbons (Fsp3) is 0.531. The highest BCUT2D eigenvalue weighted by molar-refractivity contribution is 5.94. The number of piperidine rings is 1. The second-order valence-electron chi connectivity index (χ2n) is 11.7. The van der Waals surface area contributed by atoms with Gasteiger partial charge < -0.3 is 14.5 Å². The first-order valence-corrected chi connectivity index (χ1v) is 14.7. The van der Waals surface area contributed by atoms with Crippen LogP contribution in [-0.4, -0.2) is 59.7 Å². The van der Waals surface area contributed by atoms with Gasteiger partial charge in [-0.2, -0.15) is 15.2 Å². The first-order chi connectivity index (χ1) is 19.1. The van der Waals surface area contributed by atoms with Crippen molar-refractivity contribution in [1.29, 1.82) is 5.26 Å². The predicted octanol–water partition coefficient (Wildman–Crippen LogP) is 5.57. The predicted molar refractivity (Wildman–Crippen MR) is 156 cm³/mol. The molecule has 0 spiro atoms. The molecular formula is C32H40N6O. The van der Waals surface area contributed by atoms with Crippen molar-refractivity contribution < 1.29 is 4.74 Å². The van der Waals surface area contributed by atoms with Crippen molar-refractivity contribution in [2.75, 3.05) is 42.6 Å². The summed E-state index contributed by atoms with van der Waals surface area (Å²) in [5.74, 6) is 1.43. The molecule has 204 valence electrons. The molecule has 3 aliphatic heterocycles. The van der Waals surface area contributed by atoms with Crippen molar-refractivity contribution in [2.45, 2.75) is 71.0 Å². The molecule has 3 aromatic rings. The molecule has 2 atom stereocenters. The number of anilines is 2. The highest BCUT2D eigenvalue weighted by Gasteiger charge is 2.31. The quantitative estimate of drug-likeness (QED) is 0.400. The Kier molecular flexibility index (Phi) is 7.56. The molecular weight excluding hydrogens is 484 g/mol. The Balaban J connectivity index is 1.31.